The minimum atomic E-state index is -4.18. The normalized spacial score (nSPS) is 15.2. The molecule has 0 radical (unpaired) electrons. The van der Waals surface area contributed by atoms with Crippen LogP contribution in [0.15, 0.2) is 0 Å². The molecule has 0 atom stereocenters. The Balaban J connectivity index is 3.47. The molecule has 0 aliphatic rings. The Bertz CT molecular complexity index is 53.0. The van der Waals surface area contributed by atoms with Gasteiger partial charge in [0.25, 0.3) is 0 Å². The van der Waals surface area contributed by atoms with Crippen molar-refractivity contribution in [3.8, 4) is 0 Å². The molecular weight excluding hydrogens is 324 g/mol. The molecule has 0 spiro atoms. The van der Waals surface area contributed by atoms with Crippen LogP contribution in [0.25, 0.3) is 0 Å². The number of rotatable bonds is 0. The Morgan fingerprint density at radius 2 is 1.60 bits per heavy atom. The van der Waals surface area contributed by atoms with Crippen LogP contribution in [0.4, 0.5) is 0 Å². The molecule has 0 aromatic rings. The average molecular weight is 327 g/mol. The molecule has 0 rings (SSSR count). The fourth-order valence-corrected chi connectivity index (χ4v) is 0. The van der Waals surface area contributed by atoms with Crippen LogP contribution >= 0.6 is 0 Å². The number of hydrogen-bond donors (Lipinski definition) is 2. The molecule has 0 aliphatic heterocycles. The van der Waals surface area contributed by atoms with Crippen molar-refractivity contribution in [2.24, 2.45) is 0 Å². The van der Waals surface area contributed by atoms with Crippen molar-refractivity contribution >= 4 is 10.5 Å². The predicted molar refractivity (Wildman–Crippen MR) is 12.3 cm³/mol. The van der Waals surface area contributed by atoms with Crippen molar-refractivity contribution < 1.29 is 31.1 Å². The summed E-state index contributed by atoms with van der Waals surface area (Å²) in [6.07, 6.45) is 0. The Labute approximate surface area is 41.8 Å². The Morgan fingerprint density at radius 1 is 1.60 bits per heavy atom. The second-order valence-electron chi connectivity index (χ2n) is 0.428. The monoisotopic (exact) mass is 328 g/mol. The van der Waals surface area contributed by atoms with Crippen molar-refractivity contribution in [1.82, 2.24) is 0 Å². The fraction of sp³-hybridized carbons (Fsp3) is 0. The summed E-state index contributed by atoms with van der Waals surface area (Å²) >= 11 is 1.27. The molecule has 0 amide bonds. The molecule has 0 heterocycles. The van der Waals surface area contributed by atoms with Crippen LogP contribution in [0.2, 0.25) is 0 Å². The van der Waals surface area contributed by atoms with E-state index in [2.05, 4.69) is 0 Å². The van der Waals surface area contributed by atoms with E-state index in [1.807, 2.05) is 0 Å². The zero-order chi connectivity index (χ0) is 4.50. The fourth-order valence-electron chi connectivity index (χ4n) is 0. The zero-order valence-electron chi connectivity index (χ0n) is 2.05. The van der Waals surface area contributed by atoms with Crippen LogP contribution in [0, 0.1) is 0 Å². The van der Waals surface area contributed by atoms with Gasteiger partial charge in [-0.05, 0) is 0 Å². The SMILES string of the molecule is O=[SeH](O)(O)[Au]. The Morgan fingerprint density at radius 3 is 1.60 bits per heavy atom. The summed E-state index contributed by atoms with van der Waals surface area (Å²) < 4.78 is 24.7. The summed E-state index contributed by atoms with van der Waals surface area (Å²) in [7, 11) is -4.18. The van der Waals surface area contributed by atoms with Gasteiger partial charge in [0.2, 0.25) is 0 Å². The van der Waals surface area contributed by atoms with Crippen LogP contribution in [0.1, 0.15) is 0 Å². The van der Waals surface area contributed by atoms with Crippen LogP contribution < -0.4 is 0 Å². The van der Waals surface area contributed by atoms with Gasteiger partial charge in [-0.2, -0.15) is 0 Å². The minimum absolute atomic E-state index is 1.27. The van der Waals surface area contributed by atoms with Gasteiger partial charge in [0.05, 0.1) is 0 Å². The van der Waals surface area contributed by atoms with Crippen molar-refractivity contribution in [2.75, 3.05) is 0 Å². The molecule has 0 aliphatic carbocycles. The molecule has 5 heavy (non-hydrogen) atoms. The molecule has 0 fully saturated rings. The topological polar surface area (TPSA) is 57.5 Å². The first-order chi connectivity index (χ1) is 2.00. The van der Waals surface area contributed by atoms with Gasteiger partial charge in [-0.3, -0.25) is 0 Å². The second kappa shape index (κ2) is 1.62. The van der Waals surface area contributed by atoms with E-state index in [1.165, 1.54) is 18.9 Å². The third kappa shape index (κ3) is 46.1. The van der Waals surface area contributed by atoms with Gasteiger partial charge in [-0.1, -0.05) is 0 Å². The van der Waals surface area contributed by atoms with Crippen LogP contribution in [0.3, 0.4) is 0 Å². The van der Waals surface area contributed by atoms with E-state index >= 15 is 0 Å². The van der Waals surface area contributed by atoms with E-state index in [0.717, 1.165) is 0 Å². The van der Waals surface area contributed by atoms with Crippen molar-refractivity contribution in [3.05, 3.63) is 0 Å². The third-order valence-corrected chi connectivity index (χ3v) is 0. The van der Waals surface area contributed by atoms with Crippen LogP contribution in [0.5, 0.6) is 0 Å². The number of hydrogen-bond acceptors (Lipinski definition) is 1. The summed E-state index contributed by atoms with van der Waals surface area (Å²) in [4.78, 5) is 0. The predicted octanol–water partition coefficient (Wildman–Crippen LogP) is -1.88. The van der Waals surface area contributed by atoms with E-state index in [0.29, 0.717) is 0 Å². The molecular formula is H3AuO3Se. The quantitative estimate of drug-likeness (QED) is 0.512. The van der Waals surface area contributed by atoms with Gasteiger partial charge in [-0.25, -0.2) is 0 Å². The summed E-state index contributed by atoms with van der Waals surface area (Å²) in [6, 6.07) is 0. The molecule has 38 valence electrons. The Kier molecular flexibility index (Phi) is 1.94. The van der Waals surface area contributed by atoms with E-state index < -0.39 is 10.5 Å². The van der Waals surface area contributed by atoms with E-state index in [4.69, 9.17) is 8.38 Å². The standard InChI is InChI=1S/Au.H3O3Se/c;1-4(2)3/h;4H,(H2,1,2,3). The molecule has 2 N–H and O–H groups in total. The van der Waals surface area contributed by atoms with E-state index in [1.54, 1.807) is 0 Å². The molecule has 0 saturated carbocycles. The molecule has 0 unspecified atom stereocenters. The molecule has 0 aromatic carbocycles. The molecule has 0 saturated heterocycles. The van der Waals surface area contributed by atoms with Crippen molar-refractivity contribution in [2.45, 2.75) is 0 Å². The Hall–Kier alpha value is 0.980. The maximum atomic E-state index is 9.36. The van der Waals surface area contributed by atoms with Gasteiger partial charge in [-0.15, -0.1) is 0 Å². The molecule has 3 nitrogen and oxygen atoms in total. The summed E-state index contributed by atoms with van der Waals surface area (Å²) in [5.74, 6) is 0. The molecule has 0 bridgehead atoms. The van der Waals surface area contributed by atoms with Gasteiger partial charge < -0.3 is 0 Å². The maximum absolute atomic E-state index is 9.36. The first kappa shape index (κ1) is 5.98. The molecule has 5 heteroatoms. The van der Waals surface area contributed by atoms with Crippen molar-refractivity contribution in [1.29, 1.82) is 0 Å². The van der Waals surface area contributed by atoms with Crippen molar-refractivity contribution in [3.63, 3.8) is 0 Å². The average Bonchev–Trinajstić information content (AvgIpc) is 0.722. The van der Waals surface area contributed by atoms with Gasteiger partial charge in [0, 0.05) is 0 Å². The first-order valence-electron chi connectivity index (χ1n) is 0.717. The molecule has 0 aromatic heterocycles. The second-order valence-corrected chi connectivity index (χ2v) is 8.78. The van der Waals surface area contributed by atoms with E-state index in [9.17, 15) is 3.83 Å². The zero-order valence-corrected chi connectivity index (χ0v) is 6.09. The van der Waals surface area contributed by atoms with Crippen LogP contribution in [-0.2, 0) is 22.7 Å². The first-order valence-corrected chi connectivity index (χ1v) is 8.76. The van der Waals surface area contributed by atoms with Gasteiger partial charge in [0.1, 0.15) is 0 Å². The van der Waals surface area contributed by atoms with Gasteiger partial charge >= 0.3 is 41.6 Å². The van der Waals surface area contributed by atoms with E-state index in [-0.39, 0.29) is 0 Å². The summed E-state index contributed by atoms with van der Waals surface area (Å²) in [6.45, 7) is 0. The third-order valence-electron chi connectivity index (χ3n) is 0. The summed E-state index contributed by atoms with van der Waals surface area (Å²) in [5.41, 5.74) is 0. The van der Waals surface area contributed by atoms with Crippen LogP contribution in [-0.4, -0.2) is 18.9 Å². The summed E-state index contributed by atoms with van der Waals surface area (Å²) in [5, 5.41) is 0. The van der Waals surface area contributed by atoms with Gasteiger partial charge in [0.15, 0.2) is 0 Å².